The van der Waals surface area contributed by atoms with E-state index in [0.717, 1.165) is 18.8 Å². The first kappa shape index (κ1) is 12.7. The Labute approximate surface area is 102 Å². The number of halogens is 2. The molecule has 0 fully saturated rings. The van der Waals surface area contributed by atoms with Gasteiger partial charge in [-0.3, -0.25) is 0 Å². The molecule has 1 aromatic carbocycles. The first-order valence-electron chi connectivity index (χ1n) is 5.09. The van der Waals surface area contributed by atoms with Crippen LogP contribution < -0.4 is 4.90 Å². The van der Waals surface area contributed by atoms with Crippen LogP contribution in [0.4, 0.5) is 5.69 Å². The van der Waals surface area contributed by atoms with E-state index >= 15 is 0 Å². The maximum Gasteiger partial charge on any atom is 0.0483 e. The zero-order chi connectivity index (χ0) is 11.3. The van der Waals surface area contributed by atoms with Crippen molar-refractivity contribution in [2.45, 2.75) is 24.6 Å². The average molecular weight is 245 g/mol. The second kappa shape index (κ2) is 6.24. The lowest BCUT2D eigenvalue weighted by Gasteiger charge is -2.27. The van der Waals surface area contributed by atoms with Crippen LogP contribution >= 0.6 is 23.2 Å². The van der Waals surface area contributed by atoms with Gasteiger partial charge in [-0.05, 0) is 32.0 Å². The molecule has 1 rings (SSSR count). The summed E-state index contributed by atoms with van der Waals surface area (Å²) in [5, 5.41) is 0.231. The third-order valence-corrected chi connectivity index (χ3v) is 2.29. The van der Waals surface area contributed by atoms with Crippen molar-refractivity contribution in [2.24, 2.45) is 0 Å². The van der Waals surface area contributed by atoms with Gasteiger partial charge in [0.1, 0.15) is 0 Å². The van der Waals surface area contributed by atoms with E-state index in [1.165, 1.54) is 0 Å². The summed E-state index contributed by atoms with van der Waals surface area (Å²) < 4.78 is 0. The Morgan fingerprint density at radius 2 is 1.60 bits per heavy atom. The SMILES string of the molecule is CC(Cl)CN(CC(C)Cl)c1cc[c]cc1. The van der Waals surface area contributed by atoms with Gasteiger partial charge in [0.05, 0.1) is 0 Å². The highest BCUT2D eigenvalue weighted by atomic mass is 35.5. The maximum atomic E-state index is 6.01. The molecule has 1 nitrogen and oxygen atoms in total. The lowest BCUT2D eigenvalue weighted by molar-refractivity contribution is 0.753. The summed E-state index contributed by atoms with van der Waals surface area (Å²) in [4.78, 5) is 2.20. The molecule has 0 aliphatic rings. The lowest BCUT2D eigenvalue weighted by Crippen LogP contribution is -2.33. The molecule has 0 saturated heterocycles. The van der Waals surface area contributed by atoms with Crippen molar-refractivity contribution in [3.63, 3.8) is 0 Å². The number of hydrogen-bond donors (Lipinski definition) is 0. The zero-order valence-electron chi connectivity index (χ0n) is 9.08. The predicted octanol–water partition coefficient (Wildman–Crippen LogP) is 3.55. The van der Waals surface area contributed by atoms with Crippen LogP contribution in [0.1, 0.15) is 13.8 Å². The molecule has 2 unspecified atom stereocenters. The van der Waals surface area contributed by atoms with E-state index in [1.54, 1.807) is 0 Å². The van der Waals surface area contributed by atoms with Crippen LogP contribution in [0.3, 0.4) is 0 Å². The van der Waals surface area contributed by atoms with Crippen LogP contribution in [0.25, 0.3) is 0 Å². The Morgan fingerprint density at radius 3 is 2.00 bits per heavy atom. The fourth-order valence-corrected chi connectivity index (χ4v) is 1.81. The van der Waals surface area contributed by atoms with Crippen LogP contribution in [0.15, 0.2) is 24.3 Å². The van der Waals surface area contributed by atoms with Crippen molar-refractivity contribution in [3.8, 4) is 0 Å². The van der Waals surface area contributed by atoms with Gasteiger partial charge in [0.25, 0.3) is 0 Å². The molecule has 0 saturated carbocycles. The van der Waals surface area contributed by atoms with E-state index in [0.29, 0.717) is 0 Å². The molecule has 0 bridgehead atoms. The maximum absolute atomic E-state index is 6.01. The predicted molar refractivity (Wildman–Crippen MR) is 68.1 cm³/mol. The number of hydrogen-bond acceptors (Lipinski definition) is 1. The van der Waals surface area contributed by atoms with Crippen LogP contribution in [0.5, 0.6) is 0 Å². The van der Waals surface area contributed by atoms with Gasteiger partial charge < -0.3 is 4.90 Å². The molecule has 15 heavy (non-hydrogen) atoms. The average Bonchev–Trinajstić information content (AvgIpc) is 2.17. The van der Waals surface area contributed by atoms with Gasteiger partial charge in [0.15, 0.2) is 0 Å². The summed E-state index contributed by atoms with van der Waals surface area (Å²) in [6.45, 7) is 5.59. The Balaban J connectivity index is 2.72. The van der Waals surface area contributed by atoms with Gasteiger partial charge in [0.2, 0.25) is 0 Å². The molecule has 0 aliphatic carbocycles. The van der Waals surface area contributed by atoms with Crippen LogP contribution in [0, 0.1) is 6.07 Å². The third-order valence-electron chi connectivity index (χ3n) is 2.01. The molecule has 83 valence electrons. The molecule has 1 radical (unpaired) electrons. The molecule has 0 heterocycles. The van der Waals surface area contributed by atoms with E-state index in [4.69, 9.17) is 23.2 Å². The Bertz CT molecular complexity index is 262. The number of alkyl halides is 2. The van der Waals surface area contributed by atoms with E-state index in [-0.39, 0.29) is 10.8 Å². The monoisotopic (exact) mass is 244 g/mol. The van der Waals surface area contributed by atoms with Gasteiger partial charge >= 0.3 is 0 Å². The summed E-state index contributed by atoms with van der Waals surface area (Å²) in [5.74, 6) is 0. The van der Waals surface area contributed by atoms with Gasteiger partial charge in [-0.2, -0.15) is 0 Å². The Hall–Kier alpha value is -0.400. The molecule has 0 N–H and O–H groups in total. The largest absolute Gasteiger partial charge is 0.369 e. The second-order valence-corrected chi connectivity index (χ2v) is 5.21. The highest BCUT2D eigenvalue weighted by Gasteiger charge is 2.11. The van der Waals surface area contributed by atoms with Crippen molar-refractivity contribution < 1.29 is 0 Å². The molecule has 1 aromatic rings. The number of anilines is 1. The fourth-order valence-electron chi connectivity index (χ4n) is 1.48. The highest BCUT2D eigenvalue weighted by Crippen LogP contribution is 2.16. The van der Waals surface area contributed by atoms with Gasteiger partial charge in [0, 0.05) is 29.5 Å². The molecule has 0 amide bonds. The summed E-state index contributed by atoms with van der Waals surface area (Å²) in [6, 6.07) is 10.9. The van der Waals surface area contributed by atoms with Crippen LogP contribution in [-0.2, 0) is 0 Å². The zero-order valence-corrected chi connectivity index (χ0v) is 10.6. The van der Waals surface area contributed by atoms with E-state index in [9.17, 15) is 0 Å². The van der Waals surface area contributed by atoms with E-state index in [1.807, 2.05) is 38.1 Å². The topological polar surface area (TPSA) is 3.24 Å². The number of rotatable bonds is 5. The Kier molecular flexibility index (Phi) is 5.27. The molecule has 0 aliphatic heterocycles. The Morgan fingerprint density at radius 1 is 1.13 bits per heavy atom. The molecular weight excluding hydrogens is 229 g/mol. The minimum absolute atomic E-state index is 0.115. The summed E-state index contributed by atoms with van der Waals surface area (Å²) in [5.41, 5.74) is 1.15. The van der Waals surface area contributed by atoms with Crippen molar-refractivity contribution >= 4 is 28.9 Å². The second-order valence-electron chi connectivity index (χ2n) is 3.72. The third kappa shape index (κ3) is 4.76. The summed E-state index contributed by atoms with van der Waals surface area (Å²) in [7, 11) is 0. The first-order chi connectivity index (χ1) is 7.09. The van der Waals surface area contributed by atoms with Crippen molar-refractivity contribution in [1.29, 1.82) is 0 Å². The highest BCUT2D eigenvalue weighted by molar-refractivity contribution is 6.21. The molecule has 3 heteroatoms. The van der Waals surface area contributed by atoms with Gasteiger partial charge in [-0.25, -0.2) is 0 Å². The van der Waals surface area contributed by atoms with Crippen molar-refractivity contribution in [3.05, 3.63) is 30.3 Å². The molecule has 2 atom stereocenters. The van der Waals surface area contributed by atoms with Crippen LogP contribution in [0.2, 0.25) is 0 Å². The lowest BCUT2D eigenvalue weighted by atomic mass is 10.2. The first-order valence-corrected chi connectivity index (χ1v) is 5.96. The molecule has 0 aromatic heterocycles. The smallest absolute Gasteiger partial charge is 0.0483 e. The van der Waals surface area contributed by atoms with Gasteiger partial charge in [-0.15, -0.1) is 23.2 Å². The molecule has 0 spiro atoms. The summed E-state index contributed by atoms with van der Waals surface area (Å²) >= 11 is 12.0. The van der Waals surface area contributed by atoms with Crippen molar-refractivity contribution in [1.82, 2.24) is 0 Å². The minimum atomic E-state index is 0.115. The van der Waals surface area contributed by atoms with Gasteiger partial charge in [-0.1, -0.05) is 12.1 Å². The fraction of sp³-hybridized carbons (Fsp3) is 0.500. The molecular formula is C12H16Cl2N. The summed E-state index contributed by atoms with van der Waals surface area (Å²) in [6.07, 6.45) is 0. The minimum Gasteiger partial charge on any atom is -0.369 e. The van der Waals surface area contributed by atoms with Crippen molar-refractivity contribution in [2.75, 3.05) is 18.0 Å². The quantitative estimate of drug-likeness (QED) is 0.717. The normalized spacial score (nSPS) is 14.7. The standard InChI is InChI=1S/C12H16Cl2N/c1-10(13)8-15(9-11(2)14)12-6-4-3-5-7-12/h4-7,10-11H,8-9H2,1-2H3. The number of benzene rings is 1. The van der Waals surface area contributed by atoms with E-state index in [2.05, 4.69) is 11.0 Å². The number of nitrogens with zero attached hydrogens (tertiary/aromatic N) is 1. The van der Waals surface area contributed by atoms with Crippen LogP contribution in [-0.4, -0.2) is 23.8 Å². The van der Waals surface area contributed by atoms with E-state index < -0.39 is 0 Å².